The van der Waals surface area contributed by atoms with Crippen molar-refractivity contribution in [3.8, 4) is 0 Å². The maximum absolute atomic E-state index is 5.73. The first-order chi connectivity index (χ1) is 12.8. The number of nitrogens with one attached hydrogen (secondary N) is 2. The van der Waals surface area contributed by atoms with Gasteiger partial charge in [-0.05, 0) is 67.9 Å². The lowest BCUT2D eigenvalue weighted by Crippen LogP contribution is -2.47. The number of rotatable bonds is 6. The first-order valence-corrected chi connectivity index (χ1v) is 9.03. The van der Waals surface area contributed by atoms with Gasteiger partial charge in [0.2, 0.25) is 0 Å². The fraction of sp³-hybridized carbons (Fsp3) is 0.227. The molecule has 3 rings (SSSR count). The normalized spacial score (nSPS) is 11.3. The summed E-state index contributed by atoms with van der Waals surface area (Å²) in [6.45, 7) is 4.35. The third-order valence-electron chi connectivity index (χ3n) is 4.60. The van der Waals surface area contributed by atoms with Crippen LogP contribution in [0.4, 0.5) is 22.7 Å². The van der Waals surface area contributed by atoms with Crippen LogP contribution in [0.5, 0.6) is 0 Å². The van der Waals surface area contributed by atoms with Gasteiger partial charge in [0.1, 0.15) is 7.05 Å². The monoisotopic (exact) mass is 362 g/mol. The Morgan fingerprint density at radius 3 is 1.93 bits per heavy atom. The average molecular weight is 363 g/mol. The second kappa shape index (κ2) is 7.68. The van der Waals surface area contributed by atoms with Crippen molar-refractivity contribution >= 4 is 22.7 Å². The van der Waals surface area contributed by atoms with Crippen molar-refractivity contribution in [2.45, 2.75) is 19.4 Å². The van der Waals surface area contributed by atoms with E-state index in [1.54, 1.807) is 0 Å². The zero-order chi connectivity index (χ0) is 19.4. The minimum absolute atomic E-state index is 0.191. The Balaban J connectivity index is 1.67. The van der Waals surface area contributed by atoms with E-state index in [-0.39, 0.29) is 5.54 Å². The van der Waals surface area contributed by atoms with Crippen molar-refractivity contribution < 1.29 is 4.57 Å². The van der Waals surface area contributed by atoms with E-state index in [1.807, 2.05) is 42.9 Å². The van der Waals surface area contributed by atoms with Crippen LogP contribution in [0.25, 0.3) is 0 Å². The highest BCUT2D eigenvalue weighted by Gasteiger charge is 2.23. The van der Waals surface area contributed by atoms with Crippen LogP contribution in [0.15, 0.2) is 73.1 Å². The van der Waals surface area contributed by atoms with Gasteiger partial charge in [0, 0.05) is 36.2 Å². The molecular weight excluding hydrogens is 334 g/mol. The van der Waals surface area contributed by atoms with Gasteiger partial charge < -0.3 is 16.1 Å². The largest absolute Gasteiger partial charge is 0.399 e. The van der Waals surface area contributed by atoms with Gasteiger partial charge in [0.15, 0.2) is 12.4 Å². The molecule has 0 radical (unpaired) electrons. The van der Waals surface area contributed by atoms with E-state index in [2.05, 4.69) is 78.4 Å². The Labute approximate surface area is 161 Å². The minimum Gasteiger partial charge on any atom is -0.399 e. The number of benzene rings is 2. The minimum atomic E-state index is -0.191. The summed E-state index contributed by atoms with van der Waals surface area (Å²) in [5, 5.41) is 5.44. The number of hydrogen-bond acceptors (Lipinski definition) is 4. The Kier molecular flexibility index (Phi) is 5.33. The highest BCUT2D eigenvalue weighted by atomic mass is 15.5. The number of hydrazine groups is 1. The number of hydrogen-bond donors (Lipinski definition) is 3. The van der Waals surface area contributed by atoms with Gasteiger partial charge in [-0.2, -0.15) is 0 Å². The molecule has 0 saturated carbocycles. The number of nitrogen functional groups attached to an aromatic ring is 1. The Morgan fingerprint density at radius 2 is 1.37 bits per heavy atom. The molecule has 2 aromatic carbocycles. The molecule has 0 atom stereocenters. The zero-order valence-corrected chi connectivity index (χ0v) is 16.4. The summed E-state index contributed by atoms with van der Waals surface area (Å²) in [5.41, 5.74) is 14.2. The number of pyridine rings is 1. The first kappa shape index (κ1) is 18.7. The summed E-state index contributed by atoms with van der Waals surface area (Å²) in [6, 6.07) is 20.3. The van der Waals surface area contributed by atoms with E-state index in [0.29, 0.717) is 0 Å². The highest BCUT2D eigenvalue weighted by Crippen LogP contribution is 2.24. The highest BCUT2D eigenvalue weighted by molar-refractivity contribution is 5.64. The van der Waals surface area contributed by atoms with Crippen molar-refractivity contribution in [3.05, 3.63) is 78.6 Å². The number of anilines is 4. The van der Waals surface area contributed by atoms with Crippen LogP contribution in [0.1, 0.15) is 19.4 Å². The molecule has 0 aliphatic heterocycles. The molecular formula is C22H28N5+. The number of nitrogens with two attached hydrogens (primary N) is 1. The smallest absolute Gasteiger partial charge is 0.168 e. The van der Waals surface area contributed by atoms with Crippen molar-refractivity contribution in [3.63, 3.8) is 0 Å². The summed E-state index contributed by atoms with van der Waals surface area (Å²) >= 11 is 0. The third kappa shape index (κ3) is 4.77. The van der Waals surface area contributed by atoms with Crippen LogP contribution in [0.2, 0.25) is 0 Å². The first-order valence-electron chi connectivity index (χ1n) is 9.03. The number of aromatic nitrogens is 1. The van der Waals surface area contributed by atoms with E-state index in [0.717, 1.165) is 22.7 Å². The molecule has 27 heavy (non-hydrogen) atoms. The molecule has 0 bridgehead atoms. The summed E-state index contributed by atoms with van der Waals surface area (Å²) in [6.07, 6.45) is 4.13. The van der Waals surface area contributed by atoms with E-state index in [9.17, 15) is 0 Å². The molecule has 5 nitrogen and oxygen atoms in total. The van der Waals surface area contributed by atoms with Crippen LogP contribution in [-0.2, 0) is 12.6 Å². The van der Waals surface area contributed by atoms with Gasteiger partial charge in [-0.1, -0.05) is 0 Å². The lowest BCUT2D eigenvalue weighted by Gasteiger charge is -2.33. The summed E-state index contributed by atoms with van der Waals surface area (Å²) in [7, 11) is 4.06. The van der Waals surface area contributed by atoms with E-state index < -0.39 is 0 Å². The molecule has 0 aliphatic carbocycles. The fourth-order valence-electron chi connectivity index (χ4n) is 2.97. The standard InChI is InChI=1S/C22H28N5/c1-22(2,17-13-15-26(3)16-14-17)25-27(4)21-11-9-20(10-12-21)24-19-7-5-18(23)6-8-19/h5-16,24-25H,23H2,1-4H3/q+1. The quantitative estimate of drug-likeness (QED) is 0.355. The van der Waals surface area contributed by atoms with Crippen molar-refractivity contribution in [2.24, 2.45) is 7.05 Å². The van der Waals surface area contributed by atoms with E-state index in [1.165, 1.54) is 5.56 Å². The Morgan fingerprint density at radius 1 is 0.852 bits per heavy atom. The van der Waals surface area contributed by atoms with Crippen molar-refractivity contribution in [1.82, 2.24) is 5.43 Å². The van der Waals surface area contributed by atoms with Gasteiger partial charge in [-0.25, -0.2) is 9.99 Å². The zero-order valence-electron chi connectivity index (χ0n) is 16.4. The molecule has 1 heterocycles. The van der Waals surface area contributed by atoms with E-state index >= 15 is 0 Å². The number of aryl methyl sites for hydroxylation is 1. The van der Waals surface area contributed by atoms with Crippen LogP contribution in [0, 0.1) is 0 Å². The summed E-state index contributed by atoms with van der Waals surface area (Å²) in [5.74, 6) is 0. The molecule has 0 unspecified atom stereocenters. The van der Waals surface area contributed by atoms with Crippen molar-refractivity contribution in [2.75, 3.05) is 23.1 Å². The number of nitrogens with zero attached hydrogens (tertiary/aromatic N) is 2. The lowest BCUT2D eigenvalue weighted by atomic mass is 9.96. The van der Waals surface area contributed by atoms with Gasteiger partial charge in [-0.15, -0.1) is 0 Å². The second-order valence-electron chi connectivity index (χ2n) is 7.34. The fourth-order valence-corrected chi connectivity index (χ4v) is 2.97. The molecule has 4 N–H and O–H groups in total. The SMILES string of the molecule is CN(NC(C)(C)c1cc[n+](C)cc1)c1ccc(Nc2ccc(N)cc2)cc1. The van der Waals surface area contributed by atoms with Crippen LogP contribution < -0.4 is 26.1 Å². The van der Waals surface area contributed by atoms with Crippen molar-refractivity contribution in [1.29, 1.82) is 0 Å². The van der Waals surface area contributed by atoms with Gasteiger partial charge in [-0.3, -0.25) is 0 Å². The molecule has 3 aromatic rings. The summed E-state index contributed by atoms with van der Waals surface area (Å²) < 4.78 is 2.04. The molecule has 0 spiro atoms. The van der Waals surface area contributed by atoms with Crippen LogP contribution >= 0.6 is 0 Å². The molecule has 1 aromatic heterocycles. The predicted molar refractivity (Wildman–Crippen MR) is 113 cm³/mol. The second-order valence-corrected chi connectivity index (χ2v) is 7.34. The van der Waals surface area contributed by atoms with Crippen LogP contribution in [-0.4, -0.2) is 7.05 Å². The van der Waals surface area contributed by atoms with Crippen LogP contribution in [0.3, 0.4) is 0 Å². The Hall–Kier alpha value is -3.05. The van der Waals surface area contributed by atoms with Gasteiger partial charge >= 0.3 is 0 Å². The maximum atomic E-state index is 5.73. The molecule has 0 fully saturated rings. The van der Waals surface area contributed by atoms with Gasteiger partial charge in [0.05, 0.1) is 11.2 Å². The molecule has 140 valence electrons. The third-order valence-corrected chi connectivity index (χ3v) is 4.60. The summed E-state index contributed by atoms with van der Waals surface area (Å²) in [4.78, 5) is 0. The lowest BCUT2D eigenvalue weighted by molar-refractivity contribution is -0.671. The maximum Gasteiger partial charge on any atom is 0.168 e. The van der Waals surface area contributed by atoms with Gasteiger partial charge in [0.25, 0.3) is 0 Å². The molecule has 0 amide bonds. The molecule has 0 saturated heterocycles. The molecule has 5 heteroatoms. The average Bonchev–Trinajstić information content (AvgIpc) is 2.64. The Bertz CT molecular complexity index is 868. The predicted octanol–water partition coefficient (Wildman–Crippen LogP) is 3.71. The molecule has 0 aliphatic rings. The topological polar surface area (TPSA) is 57.2 Å². The van der Waals surface area contributed by atoms with E-state index in [4.69, 9.17) is 5.73 Å².